The maximum Gasteiger partial charge on any atom is 0.338 e. The van der Waals surface area contributed by atoms with Crippen LogP contribution in [0.1, 0.15) is 80.3 Å². The van der Waals surface area contributed by atoms with Crippen LogP contribution in [0.4, 0.5) is 11.4 Å². The summed E-state index contributed by atoms with van der Waals surface area (Å²) in [6.07, 6.45) is 0. The molecule has 10 aromatic rings. The van der Waals surface area contributed by atoms with E-state index in [0.29, 0.717) is 54.6 Å². The Kier molecular flexibility index (Phi) is 16.3. The fourth-order valence-electron chi connectivity index (χ4n) is 10.4. The van der Waals surface area contributed by atoms with Gasteiger partial charge < -0.3 is 9.97 Å². The minimum Gasteiger partial charge on any atom is -0.340 e. The number of aromatic amines is 2. The maximum absolute atomic E-state index is 10.4. The first-order valence-corrected chi connectivity index (χ1v) is 28.9. The number of benzene rings is 6. The molecule has 34 nitrogen and oxygen atoms in total. The number of hydrogen-bond acceptors (Lipinski definition) is 26. The Hall–Kier alpha value is -18.5. The highest BCUT2D eigenvalue weighted by Crippen LogP contribution is 2.33. The van der Waals surface area contributed by atoms with E-state index in [1.54, 1.807) is 48.5 Å². The van der Waals surface area contributed by atoms with Crippen molar-refractivity contribution in [2.45, 2.75) is 12.0 Å². The summed E-state index contributed by atoms with van der Waals surface area (Å²) in [6.45, 7) is 45.5. The lowest BCUT2D eigenvalue weighted by molar-refractivity contribution is 0.753. The number of nitrogens with zero attached hydrogens (tertiary/aromatic N) is 32. The molecule has 6 aromatic carbocycles. The summed E-state index contributed by atoms with van der Waals surface area (Å²) in [7, 11) is 0. The van der Waals surface area contributed by atoms with Gasteiger partial charge in [-0.1, -0.05) is 0 Å². The Morgan fingerprint density at radius 3 is 1.35 bits per heavy atom. The molecule has 4 aliphatic heterocycles. The summed E-state index contributed by atoms with van der Waals surface area (Å²) in [5.41, 5.74) is 1.76. The molecule has 0 aliphatic carbocycles. The van der Waals surface area contributed by atoms with E-state index in [9.17, 15) is 52.6 Å². The van der Waals surface area contributed by atoms with E-state index in [2.05, 4.69) is 125 Å². The third-order valence-electron chi connectivity index (χ3n) is 15.3. The summed E-state index contributed by atoms with van der Waals surface area (Å²) < 4.78 is 0. The first kappa shape index (κ1) is 64.2. The Morgan fingerprint density at radius 1 is 0.375 bits per heavy atom. The van der Waals surface area contributed by atoms with Gasteiger partial charge in [-0.2, -0.15) is 42.1 Å². The molecular weight excluding hydrogens is 1320 g/mol. The fraction of sp³-hybridized carbons (Fsp3) is 0.0286. The van der Waals surface area contributed by atoms with Crippen LogP contribution in [0.3, 0.4) is 0 Å². The van der Waals surface area contributed by atoms with Crippen molar-refractivity contribution >= 4 is 44.7 Å². The zero-order chi connectivity index (χ0) is 73.0. The topological polar surface area (TPSA) is 498 Å². The SMILES string of the molecule is [C-]#[N+]/C(=C1/N=c2cc(C#N)c([N+]#[C-])cc2=N1)c1nc(C(C#N)=C2N=c3cc(C#N)c(C#N)cc3=N2)nc(-c2ccc3c(c2)=N/C(=C(\C#N)[N+]#[C-])N=3)n1.[C-]#[N+]/C(C#N)=C1\N=c2ccc(-c3nc(C(C#N)c4nc5cc(C#N)c(C#N)cc5[nH]4)nc(C([N+]#[C-])c4nc5cc(C#N)c([N+]#[C-])cc5[nH]4)n3)cc2=N1. The summed E-state index contributed by atoms with van der Waals surface area (Å²) in [5.74, 6) is -2.13. The smallest absolute Gasteiger partial charge is 0.338 e. The fourth-order valence-corrected chi connectivity index (χ4v) is 10.4. The summed E-state index contributed by atoms with van der Waals surface area (Å²) in [4.78, 5) is 97.4. The lowest BCUT2D eigenvalue weighted by atomic mass is 10.1. The van der Waals surface area contributed by atoms with Crippen LogP contribution < -0.4 is 42.9 Å². The molecule has 0 fully saturated rings. The van der Waals surface area contributed by atoms with E-state index in [-0.39, 0.29) is 159 Å². The normalized spacial score (nSPS) is 13.7. The predicted octanol–water partition coefficient (Wildman–Crippen LogP) is 5.20. The van der Waals surface area contributed by atoms with Gasteiger partial charge in [-0.25, -0.2) is 121 Å². The van der Waals surface area contributed by atoms with Crippen molar-refractivity contribution in [1.82, 2.24) is 49.8 Å². The zero-order valence-electron chi connectivity index (χ0n) is 51.5. The molecule has 0 radical (unpaired) electrons. The van der Waals surface area contributed by atoms with Crippen molar-refractivity contribution in [1.29, 1.82) is 52.6 Å². The average molecular weight is 1340 g/mol. The molecule has 2 atom stereocenters. The Labute approximate surface area is 579 Å². The number of nitriles is 10. The zero-order valence-corrected chi connectivity index (χ0v) is 51.5. The molecule has 0 saturated carbocycles. The van der Waals surface area contributed by atoms with Crippen LogP contribution in [0, 0.1) is 153 Å². The van der Waals surface area contributed by atoms with Gasteiger partial charge in [0.1, 0.15) is 41.7 Å². The molecule has 4 aromatic heterocycles. The van der Waals surface area contributed by atoms with E-state index < -0.39 is 12.0 Å². The molecule has 34 heteroatoms. The molecule has 0 saturated heterocycles. The highest BCUT2D eigenvalue weighted by atomic mass is 15.1. The average Bonchev–Trinajstić information content (AvgIpc) is 1.61. The number of nitrogens with one attached hydrogen (secondary N) is 2. The van der Waals surface area contributed by atoms with Crippen LogP contribution in [-0.4, -0.2) is 49.8 Å². The van der Waals surface area contributed by atoms with Crippen LogP contribution in [0.25, 0.3) is 85.2 Å². The summed E-state index contributed by atoms with van der Waals surface area (Å²) in [5, 5.41) is 98.7. The van der Waals surface area contributed by atoms with Crippen molar-refractivity contribution < 1.29 is 0 Å². The standard InChI is InChI=1S/C35H11N17.C35H7N17/c2*1-41-22-10-27-26(9-19(22)13-38)48-34(49-27)29(43-3)35-51-30(16-4-5-21-23(6-16)47-33(44-21)28(15-40)42-2)50-32(52-35)20(14-39)31-45-24-7-17(11-36)18(12-37)8-25(24)46-31/h4-10,20,29H,(H,45,46)(H,48,49);4-10H/b33-28+;33-28+,34-29-. The largest absolute Gasteiger partial charge is 0.340 e. The Balaban J connectivity index is 0.000000185. The van der Waals surface area contributed by atoms with Crippen molar-refractivity contribution in [3.63, 3.8) is 0 Å². The molecule has 0 spiro atoms. The quantitative estimate of drug-likeness (QED) is 0.146. The van der Waals surface area contributed by atoms with Crippen molar-refractivity contribution in [3.8, 4) is 83.5 Å². The number of hydrogen-bond donors (Lipinski definition) is 2. The van der Waals surface area contributed by atoms with E-state index in [1.807, 2.05) is 42.5 Å². The molecule has 14 rings (SSSR count). The predicted molar refractivity (Wildman–Crippen MR) is 346 cm³/mol. The van der Waals surface area contributed by atoms with Gasteiger partial charge in [0.15, 0.2) is 64.1 Å². The molecular formula is C70H18N34. The third-order valence-corrected chi connectivity index (χ3v) is 15.3. The van der Waals surface area contributed by atoms with Gasteiger partial charge in [0.05, 0.1) is 162 Å². The lowest BCUT2D eigenvalue weighted by Crippen LogP contribution is -2.22. The minimum atomic E-state index is -1.28. The molecule has 4 aliphatic rings. The molecule has 468 valence electrons. The van der Waals surface area contributed by atoms with Gasteiger partial charge in [-0.05, 0) is 84.9 Å². The van der Waals surface area contributed by atoms with Crippen LogP contribution in [0.15, 0.2) is 160 Å². The Bertz CT molecular complexity index is 6680. The van der Waals surface area contributed by atoms with E-state index in [1.165, 1.54) is 48.5 Å². The number of H-pyrrole nitrogens is 2. The first-order chi connectivity index (χ1) is 50.7. The highest BCUT2D eigenvalue weighted by Gasteiger charge is 2.32. The second-order valence-corrected chi connectivity index (χ2v) is 21.1. The second kappa shape index (κ2) is 26.3. The van der Waals surface area contributed by atoms with E-state index in [0.717, 1.165) is 0 Å². The number of allylic oxidation sites excluding steroid dienone is 3. The first-order valence-electron chi connectivity index (χ1n) is 28.9. The molecule has 2 N–H and O–H groups in total. The van der Waals surface area contributed by atoms with Gasteiger partial charge in [0, 0.05) is 11.1 Å². The molecule has 0 bridgehead atoms. The van der Waals surface area contributed by atoms with Crippen LogP contribution >= 0.6 is 0 Å². The van der Waals surface area contributed by atoms with Crippen LogP contribution in [-0.2, 0) is 0 Å². The monoisotopic (exact) mass is 1330 g/mol. The van der Waals surface area contributed by atoms with Crippen LogP contribution in [0.2, 0.25) is 0 Å². The highest BCUT2D eigenvalue weighted by molar-refractivity contribution is 5.84. The maximum atomic E-state index is 10.4. The number of fused-ring (bicyclic) bond motifs is 6. The summed E-state index contributed by atoms with van der Waals surface area (Å²) >= 11 is 0. The van der Waals surface area contributed by atoms with E-state index in [4.69, 9.17) is 39.4 Å². The van der Waals surface area contributed by atoms with E-state index >= 15 is 0 Å². The lowest BCUT2D eigenvalue weighted by Gasteiger charge is -2.10. The van der Waals surface area contributed by atoms with Crippen molar-refractivity contribution in [2.24, 2.45) is 39.9 Å². The molecule has 104 heavy (non-hydrogen) atoms. The third kappa shape index (κ3) is 11.4. The van der Waals surface area contributed by atoms with Crippen molar-refractivity contribution in [2.75, 3.05) is 0 Å². The molecule has 8 heterocycles. The number of rotatable bonds is 8. The van der Waals surface area contributed by atoms with Gasteiger partial charge >= 0.3 is 17.4 Å². The number of aromatic nitrogens is 10. The van der Waals surface area contributed by atoms with Crippen LogP contribution in [0.5, 0.6) is 0 Å². The van der Waals surface area contributed by atoms with Gasteiger partial charge in [-0.15, -0.1) is 0 Å². The van der Waals surface area contributed by atoms with Gasteiger partial charge in [0.2, 0.25) is 17.2 Å². The molecule has 2 unspecified atom stereocenters. The summed E-state index contributed by atoms with van der Waals surface area (Å²) in [6, 6.07) is 38.8. The second-order valence-electron chi connectivity index (χ2n) is 21.1. The minimum absolute atomic E-state index is 0.0304. The van der Waals surface area contributed by atoms with Gasteiger partial charge in [0.25, 0.3) is 5.70 Å². The number of imidazole rings is 2. The molecule has 0 amide bonds. The van der Waals surface area contributed by atoms with Crippen molar-refractivity contribution in [3.05, 3.63) is 299 Å². The Morgan fingerprint density at radius 2 is 0.817 bits per heavy atom. The van der Waals surface area contributed by atoms with Gasteiger partial charge in [-0.3, -0.25) is 4.85 Å².